The summed E-state index contributed by atoms with van der Waals surface area (Å²) in [6.07, 6.45) is 0. The highest BCUT2D eigenvalue weighted by molar-refractivity contribution is 6.32. The van der Waals surface area contributed by atoms with Gasteiger partial charge in [0.2, 0.25) is 5.91 Å². The van der Waals surface area contributed by atoms with Gasteiger partial charge < -0.3 is 20.1 Å². The number of hydrogen-bond acceptors (Lipinski definition) is 4. The molecule has 0 atom stereocenters. The van der Waals surface area contributed by atoms with Crippen LogP contribution in [-0.4, -0.2) is 25.5 Å². The fraction of sp³-hybridized carbons (Fsp3) is 0.300. The molecule has 2 amide bonds. The summed E-state index contributed by atoms with van der Waals surface area (Å²) in [5.41, 5.74) is 1.58. The first-order valence-electron chi connectivity index (χ1n) is 8.49. The predicted molar refractivity (Wildman–Crippen MR) is 107 cm³/mol. The number of rotatable bonds is 7. The lowest BCUT2D eigenvalue weighted by atomic mass is 10.1. The van der Waals surface area contributed by atoms with Gasteiger partial charge in [0.05, 0.1) is 18.7 Å². The first kappa shape index (κ1) is 20.6. The van der Waals surface area contributed by atoms with E-state index in [9.17, 15) is 9.59 Å². The Kier molecular flexibility index (Phi) is 7.07. The second kappa shape index (κ2) is 9.28. The van der Waals surface area contributed by atoms with E-state index in [4.69, 9.17) is 21.1 Å². The molecule has 144 valence electrons. The molecule has 7 heteroatoms. The fourth-order valence-corrected chi connectivity index (χ4v) is 2.55. The van der Waals surface area contributed by atoms with E-state index in [-0.39, 0.29) is 11.8 Å². The Balaban J connectivity index is 2.16. The highest BCUT2D eigenvalue weighted by Crippen LogP contribution is 2.37. The van der Waals surface area contributed by atoms with Gasteiger partial charge >= 0.3 is 0 Å². The molecule has 0 spiro atoms. The van der Waals surface area contributed by atoms with Gasteiger partial charge in [0, 0.05) is 23.9 Å². The van der Waals surface area contributed by atoms with E-state index in [2.05, 4.69) is 10.6 Å². The summed E-state index contributed by atoms with van der Waals surface area (Å²) in [7, 11) is 1.50. The number of carbonyl (C=O) groups excluding carboxylic acids is 2. The van der Waals surface area contributed by atoms with Gasteiger partial charge in [-0.1, -0.05) is 25.4 Å². The topological polar surface area (TPSA) is 76.7 Å². The third-order valence-corrected chi connectivity index (χ3v) is 3.80. The summed E-state index contributed by atoms with van der Waals surface area (Å²) in [6.45, 7) is 5.97. The molecule has 27 heavy (non-hydrogen) atoms. The molecule has 0 aliphatic heterocycles. The van der Waals surface area contributed by atoms with Gasteiger partial charge in [0.15, 0.2) is 11.5 Å². The molecular formula is C20H23ClN2O4. The number of carbonyl (C=O) groups is 2. The molecule has 2 N–H and O–H groups in total. The van der Waals surface area contributed by atoms with Crippen LogP contribution in [0.5, 0.6) is 11.5 Å². The smallest absolute Gasteiger partial charge is 0.255 e. The maximum atomic E-state index is 12.5. The monoisotopic (exact) mass is 390 g/mol. The van der Waals surface area contributed by atoms with E-state index in [1.807, 2.05) is 13.8 Å². The fourth-order valence-electron chi connectivity index (χ4n) is 2.28. The van der Waals surface area contributed by atoms with Gasteiger partial charge in [-0.15, -0.1) is 0 Å². The summed E-state index contributed by atoms with van der Waals surface area (Å²) in [5, 5.41) is 5.75. The van der Waals surface area contributed by atoms with Crippen molar-refractivity contribution >= 4 is 34.8 Å². The Morgan fingerprint density at radius 1 is 1.07 bits per heavy atom. The van der Waals surface area contributed by atoms with Crippen molar-refractivity contribution in [1.82, 2.24) is 0 Å². The molecular weight excluding hydrogens is 368 g/mol. The maximum Gasteiger partial charge on any atom is 0.255 e. The summed E-state index contributed by atoms with van der Waals surface area (Å²) in [5.74, 6) is 0.652. The minimum atomic E-state index is -0.335. The maximum absolute atomic E-state index is 12.5. The molecule has 0 saturated heterocycles. The van der Waals surface area contributed by atoms with Crippen LogP contribution < -0.4 is 20.1 Å². The molecule has 0 radical (unpaired) electrons. The van der Waals surface area contributed by atoms with Crippen LogP contribution in [0.15, 0.2) is 36.4 Å². The van der Waals surface area contributed by atoms with Crippen LogP contribution in [0.4, 0.5) is 11.4 Å². The van der Waals surface area contributed by atoms with Crippen molar-refractivity contribution < 1.29 is 19.1 Å². The minimum absolute atomic E-state index is 0.159. The highest BCUT2D eigenvalue weighted by atomic mass is 35.5. The number of benzene rings is 2. The van der Waals surface area contributed by atoms with Crippen LogP contribution in [-0.2, 0) is 4.79 Å². The number of methoxy groups -OCH3 is 1. The second-order valence-corrected chi connectivity index (χ2v) is 6.81. The first-order valence-corrected chi connectivity index (χ1v) is 8.87. The van der Waals surface area contributed by atoms with E-state index >= 15 is 0 Å². The standard InChI is InChI=1S/C20H23ClN2O4/c1-12(2)11-27-19-17(21)9-14(10-18(19)26-4)20(25)23-16-7-5-15(6-8-16)22-13(3)24/h5-10,12H,11H2,1-4H3,(H,22,24)(H,23,25). The third-order valence-electron chi connectivity index (χ3n) is 3.52. The van der Waals surface area contributed by atoms with Crippen LogP contribution >= 0.6 is 11.6 Å². The second-order valence-electron chi connectivity index (χ2n) is 6.41. The summed E-state index contributed by atoms with van der Waals surface area (Å²) in [6, 6.07) is 9.93. The predicted octanol–water partition coefficient (Wildman–Crippen LogP) is 4.59. The van der Waals surface area contributed by atoms with Crippen LogP contribution in [0.3, 0.4) is 0 Å². The lowest BCUT2D eigenvalue weighted by Crippen LogP contribution is -2.13. The van der Waals surface area contributed by atoms with Crippen molar-refractivity contribution in [2.75, 3.05) is 24.4 Å². The van der Waals surface area contributed by atoms with Gasteiger partial charge in [0.25, 0.3) is 5.91 Å². The van der Waals surface area contributed by atoms with E-state index < -0.39 is 0 Å². The van der Waals surface area contributed by atoms with Crippen molar-refractivity contribution in [1.29, 1.82) is 0 Å². The van der Waals surface area contributed by atoms with Crippen LogP contribution in [0.1, 0.15) is 31.1 Å². The van der Waals surface area contributed by atoms with Gasteiger partial charge in [-0.25, -0.2) is 0 Å². The van der Waals surface area contributed by atoms with E-state index in [1.165, 1.54) is 14.0 Å². The normalized spacial score (nSPS) is 10.4. The van der Waals surface area contributed by atoms with Crippen molar-refractivity contribution in [2.45, 2.75) is 20.8 Å². The molecule has 2 rings (SSSR count). The van der Waals surface area contributed by atoms with E-state index in [0.29, 0.717) is 46.0 Å². The molecule has 0 saturated carbocycles. The molecule has 6 nitrogen and oxygen atoms in total. The lowest BCUT2D eigenvalue weighted by molar-refractivity contribution is -0.114. The number of nitrogens with one attached hydrogen (secondary N) is 2. The lowest BCUT2D eigenvalue weighted by Gasteiger charge is -2.15. The molecule has 2 aromatic rings. The van der Waals surface area contributed by atoms with Gasteiger partial charge in [-0.3, -0.25) is 9.59 Å². The van der Waals surface area contributed by atoms with Crippen LogP contribution in [0.2, 0.25) is 5.02 Å². The van der Waals surface area contributed by atoms with E-state index in [1.54, 1.807) is 36.4 Å². The van der Waals surface area contributed by atoms with Gasteiger partial charge in [-0.05, 0) is 42.3 Å². The number of amides is 2. The zero-order valence-electron chi connectivity index (χ0n) is 15.8. The quantitative estimate of drug-likeness (QED) is 0.724. The number of halogens is 1. The number of hydrogen-bond donors (Lipinski definition) is 2. The Morgan fingerprint density at radius 2 is 1.67 bits per heavy atom. The summed E-state index contributed by atoms with van der Waals surface area (Å²) in [4.78, 5) is 23.6. The largest absolute Gasteiger partial charge is 0.493 e. The Hall–Kier alpha value is -2.73. The molecule has 2 aromatic carbocycles. The molecule has 0 heterocycles. The Morgan fingerprint density at radius 3 is 2.19 bits per heavy atom. The molecule has 0 aliphatic rings. The summed E-state index contributed by atoms with van der Waals surface area (Å²) < 4.78 is 11.0. The third kappa shape index (κ3) is 5.89. The zero-order chi connectivity index (χ0) is 20.0. The Labute approximate surface area is 163 Å². The molecule has 0 aliphatic carbocycles. The zero-order valence-corrected chi connectivity index (χ0v) is 16.5. The molecule has 0 unspecified atom stereocenters. The average Bonchev–Trinajstić information content (AvgIpc) is 2.61. The van der Waals surface area contributed by atoms with Crippen molar-refractivity contribution in [3.05, 3.63) is 47.0 Å². The summed E-state index contributed by atoms with van der Waals surface area (Å²) >= 11 is 6.29. The van der Waals surface area contributed by atoms with Gasteiger partial charge in [-0.2, -0.15) is 0 Å². The van der Waals surface area contributed by atoms with Crippen LogP contribution in [0.25, 0.3) is 0 Å². The first-order chi connectivity index (χ1) is 12.8. The molecule has 0 bridgehead atoms. The van der Waals surface area contributed by atoms with Crippen molar-refractivity contribution in [3.8, 4) is 11.5 Å². The molecule has 0 aromatic heterocycles. The minimum Gasteiger partial charge on any atom is -0.493 e. The number of anilines is 2. The SMILES string of the molecule is COc1cc(C(=O)Nc2ccc(NC(C)=O)cc2)cc(Cl)c1OCC(C)C. The van der Waals surface area contributed by atoms with Crippen molar-refractivity contribution in [2.24, 2.45) is 5.92 Å². The van der Waals surface area contributed by atoms with E-state index in [0.717, 1.165) is 0 Å². The number of ether oxygens (including phenoxy) is 2. The molecule has 0 fully saturated rings. The Bertz CT molecular complexity index is 819. The van der Waals surface area contributed by atoms with Crippen LogP contribution in [0, 0.1) is 5.92 Å². The average molecular weight is 391 g/mol. The highest BCUT2D eigenvalue weighted by Gasteiger charge is 2.16. The van der Waals surface area contributed by atoms with Gasteiger partial charge in [0.1, 0.15) is 0 Å². The van der Waals surface area contributed by atoms with Crippen molar-refractivity contribution in [3.63, 3.8) is 0 Å².